The number of aromatic nitrogens is 1. The third-order valence-corrected chi connectivity index (χ3v) is 3.42. The highest BCUT2D eigenvalue weighted by Gasteiger charge is 2.14. The van der Waals surface area contributed by atoms with Gasteiger partial charge in [-0.25, -0.2) is 18.1 Å². The van der Waals surface area contributed by atoms with E-state index in [4.69, 9.17) is 5.73 Å². The standard InChI is InChI=1S/C11H16N4O3S/c1-2-7-14-19(17,18)11-5-3-4-10(15-11)13-8-6-9(12)16/h2-5,14H,1,6-8H2,(H2,12,16)(H,13,15). The first-order valence-corrected chi connectivity index (χ1v) is 7.04. The van der Waals surface area contributed by atoms with Crippen LogP contribution in [-0.2, 0) is 14.8 Å². The van der Waals surface area contributed by atoms with Gasteiger partial charge >= 0.3 is 0 Å². The van der Waals surface area contributed by atoms with Crippen LogP contribution >= 0.6 is 0 Å². The Bertz CT molecular complexity index is 557. The summed E-state index contributed by atoms with van der Waals surface area (Å²) in [6, 6.07) is 4.54. The second-order valence-corrected chi connectivity index (χ2v) is 5.36. The molecule has 4 N–H and O–H groups in total. The third kappa shape index (κ3) is 5.06. The van der Waals surface area contributed by atoms with Gasteiger partial charge in [-0.1, -0.05) is 12.1 Å². The van der Waals surface area contributed by atoms with Crippen molar-refractivity contribution in [1.82, 2.24) is 9.71 Å². The lowest BCUT2D eigenvalue weighted by molar-refractivity contribution is -0.117. The molecule has 1 aromatic heterocycles. The maximum absolute atomic E-state index is 11.8. The summed E-state index contributed by atoms with van der Waals surface area (Å²) in [5.41, 5.74) is 5.00. The van der Waals surface area contributed by atoms with Crippen LogP contribution in [0.5, 0.6) is 0 Å². The number of anilines is 1. The molecule has 0 atom stereocenters. The molecule has 104 valence electrons. The number of carbonyl (C=O) groups excluding carboxylic acids is 1. The molecule has 8 heteroatoms. The smallest absolute Gasteiger partial charge is 0.258 e. The fourth-order valence-electron chi connectivity index (χ4n) is 1.22. The number of hydrogen-bond acceptors (Lipinski definition) is 5. The molecule has 1 aromatic rings. The molecule has 0 aliphatic carbocycles. The molecule has 0 spiro atoms. The van der Waals surface area contributed by atoms with Gasteiger partial charge in [0.15, 0.2) is 5.03 Å². The van der Waals surface area contributed by atoms with Gasteiger partial charge in [-0.3, -0.25) is 4.79 Å². The van der Waals surface area contributed by atoms with Gasteiger partial charge in [-0.2, -0.15) is 0 Å². The van der Waals surface area contributed by atoms with Crippen LogP contribution in [0.1, 0.15) is 6.42 Å². The Morgan fingerprint density at radius 1 is 1.47 bits per heavy atom. The van der Waals surface area contributed by atoms with Gasteiger partial charge in [0.2, 0.25) is 5.91 Å². The summed E-state index contributed by atoms with van der Waals surface area (Å²) in [6.45, 7) is 3.85. The van der Waals surface area contributed by atoms with Crippen molar-refractivity contribution in [3.05, 3.63) is 30.9 Å². The fourth-order valence-corrected chi connectivity index (χ4v) is 2.18. The van der Waals surface area contributed by atoms with Crippen molar-refractivity contribution in [2.24, 2.45) is 5.73 Å². The molecular formula is C11H16N4O3S. The molecule has 1 rings (SSSR count). The topological polar surface area (TPSA) is 114 Å². The number of amides is 1. The molecule has 19 heavy (non-hydrogen) atoms. The van der Waals surface area contributed by atoms with E-state index in [1.54, 1.807) is 12.1 Å². The second-order valence-electron chi connectivity index (χ2n) is 3.64. The molecule has 0 saturated carbocycles. The van der Waals surface area contributed by atoms with Crippen LogP contribution < -0.4 is 15.8 Å². The normalized spacial score (nSPS) is 10.9. The van der Waals surface area contributed by atoms with E-state index >= 15 is 0 Å². The molecular weight excluding hydrogens is 268 g/mol. The van der Waals surface area contributed by atoms with Gasteiger partial charge in [0, 0.05) is 19.5 Å². The average Bonchev–Trinajstić information content (AvgIpc) is 2.36. The zero-order chi connectivity index (χ0) is 14.3. The fraction of sp³-hybridized carbons (Fsp3) is 0.273. The van der Waals surface area contributed by atoms with E-state index in [1.807, 2.05) is 0 Å². The molecule has 0 saturated heterocycles. The van der Waals surface area contributed by atoms with E-state index in [9.17, 15) is 13.2 Å². The molecule has 0 fully saturated rings. The number of hydrogen-bond donors (Lipinski definition) is 3. The maximum atomic E-state index is 11.8. The maximum Gasteiger partial charge on any atom is 0.258 e. The van der Waals surface area contributed by atoms with Crippen LogP contribution in [0.2, 0.25) is 0 Å². The number of nitrogens with one attached hydrogen (secondary N) is 2. The summed E-state index contributed by atoms with van der Waals surface area (Å²) in [5, 5.41) is 2.72. The Balaban J connectivity index is 2.76. The van der Waals surface area contributed by atoms with E-state index in [1.165, 1.54) is 12.1 Å². The van der Waals surface area contributed by atoms with Gasteiger partial charge < -0.3 is 11.1 Å². The van der Waals surface area contributed by atoms with Crippen molar-refractivity contribution >= 4 is 21.7 Å². The molecule has 7 nitrogen and oxygen atoms in total. The molecule has 0 unspecified atom stereocenters. The highest BCUT2D eigenvalue weighted by atomic mass is 32.2. The molecule has 0 aliphatic heterocycles. The molecule has 0 bridgehead atoms. The van der Waals surface area contributed by atoms with Gasteiger partial charge in [0.1, 0.15) is 5.82 Å². The molecule has 0 radical (unpaired) electrons. The van der Waals surface area contributed by atoms with Crippen molar-refractivity contribution in [3.8, 4) is 0 Å². The first-order chi connectivity index (χ1) is 8.95. The highest BCUT2D eigenvalue weighted by Crippen LogP contribution is 2.09. The zero-order valence-electron chi connectivity index (χ0n) is 10.3. The molecule has 1 heterocycles. The number of pyridine rings is 1. The molecule has 1 amide bonds. The number of nitrogens with zero attached hydrogens (tertiary/aromatic N) is 1. The summed E-state index contributed by atoms with van der Waals surface area (Å²) in [4.78, 5) is 14.5. The monoisotopic (exact) mass is 284 g/mol. The van der Waals surface area contributed by atoms with Crippen molar-refractivity contribution in [3.63, 3.8) is 0 Å². The number of nitrogens with two attached hydrogens (primary N) is 1. The summed E-state index contributed by atoms with van der Waals surface area (Å²) >= 11 is 0. The van der Waals surface area contributed by atoms with Crippen LogP contribution in [0.3, 0.4) is 0 Å². The highest BCUT2D eigenvalue weighted by molar-refractivity contribution is 7.89. The Labute approximate surface area is 112 Å². The van der Waals surface area contributed by atoms with Gasteiger partial charge in [0.25, 0.3) is 10.0 Å². The summed E-state index contributed by atoms with van der Waals surface area (Å²) in [6.07, 6.45) is 1.58. The average molecular weight is 284 g/mol. The second kappa shape index (κ2) is 6.86. The van der Waals surface area contributed by atoms with Crippen molar-refractivity contribution in [2.75, 3.05) is 18.4 Å². The molecule has 0 aromatic carbocycles. The Morgan fingerprint density at radius 2 is 2.21 bits per heavy atom. The summed E-state index contributed by atoms with van der Waals surface area (Å²) in [7, 11) is -3.65. The third-order valence-electron chi connectivity index (χ3n) is 2.09. The largest absolute Gasteiger partial charge is 0.370 e. The van der Waals surface area contributed by atoms with Gasteiger partial charge in [0.05, 0.1) is 0 Å². The van der Waals surface area contributed by atoms with Gasteiger partial charge in [-0.15, -0.1) is 6.58 Å². The van der Waals surface area contributed by atoms with E-state index in [2.05, 4.69) is 21.6 Å². The summed E-state index contributed by atoms with van der Waals surface area (Å²) in [5.74, 6) is -0.0772. The first kappa shape index (κ1) is 15.1. The van der Waals surface area contributed by atoms with E-state index in [-0.39, 0.29) is 18.0 Å². The number of primary amides is 1. The summed E-state index contributed by atoms with van der Waals surface area (Å²) < 4.78 is 25.9. The first-order valence-electron chi connectivity index (χ1n) is 5.55. The lowest BCUT2D eigenvalue weighted by Gasteiger charge is -2.07. The van der Waals surface area contributed by atoms with Crippen LogP contribution in [0.25, 0.3) is 0 Å². The Hall–Kier alpha value is -1.93. The minimum Gasteiger partial charge on any atom is -0.370 e. The van der Waals surface area contributed by atoms with Crippen molar-refractivity contribution in [2.45, 2.75) is 11.4 Å². The Kier molecular flexibility index (Phi) is 5.46. The predicted octanol–water partition coefficient (Wildman–Crippen LogP) is -0.167. The quantitative estimate of drug-likeness (QED) is 0.574. The number of carbonyl (C=O) groups is 1. The van der Waals surface area contributed by atoms with Crippen LogP contribution in [0.4, 0.5) is 5.82 Å². The van der Waals surface area contributed by atoms with Gasteiger partial charge in [-0.05, 0) is 12.1 Å². The lowest BCUT2D eigenvalue weighted by Crippen LogP contribution is -2.25. The number of sulfonamides is 1. The molecule has 0 aliphatic rings. The Morgan fingerprint density at radius 3 is 2.84 bits per heavy atom. The van der Waals surface area contributed by atoms with Crippen molar-refractivity contribution in [1.29, 1.82) is 0 Å². The minimum absolute atomic E-state index is 0.0987. The number of rotatable bonds is 8. The van der Waals surface area contributed by atoms with Crippen LogP contribution in [-0.4, -0.2) is 32.4 Å². The van der Waals surface area contributed by atoms with Crippen LogP contribution in [0, 0.1) is 0 Å². The van der Waals surface area contributed by atoms with E-state index < -0.39 is 15.9 Å². The van der Waals surface area contributed by atoms with E-state index in [0.29, 0.717) is 12.4 Å². The minimum atomic E-state index is -3.65. The van der Waals surface area contributed by atoms with Crippen molar-refractivity contribution < 1.29 is 13.2 Å². The zero-order valence-corrected chi connectivity index (χ0v) is 11.1. The SMILES string of the molecule is C=CCNS(=O)(=O)c1cccc(NCCC(N)=O)n1. The van der Waals surface area contributed by atoms with E-state index in [0.717, 1.165) is 0 Å². The lowest BCUT2D eigenvalue weighted by atomic mass is 10.4. The van der Waals surface area contributed by atoms with Crippen LogP contribution in [0.15, 0.2) is 35.9 Å². The predicted molar refractivity (Wildman–Crippen MR) is 71.9 cm³/mol.